The van der Waals surface area contributed by atoms with Crippen molar-refractivity contribution in [1.29, 1.82) is 0 Å². The predicted octanol–water partition coefficient (Wildman–Crippen LogP) is 4.10. The number of aliphatic imine (C=N–C) groups is 1. The summed E-state index contributed by atoms with van der Waals surface area (Å²) in [4.78, 5) is 8.41. The van der Waals surface area contributed by atoms with Crippen LogP contribution in [0.25, 0.3) is 0 Å². The maximum absolute atomic E-state index is 4.69. The SMILES string of the molecule is c1ccc([C@@H]2CCN=C3Sc4ccccc4N32)cc1. The van der Waals surface area contributed by atoms with Gasteiger partial charge in [-0.05, 0) is 35.9 Å². The van der Waals surface area contributed by atoms with Crippen LogP contribution in [0.2, 0.25) is 0 Å². The van der Waals surface area contributed by atoms with Crippen LogP contribution in [0, 0.1) is 0 Å². The van der Waals surface area contributed by atoms with Gasteiger partial charge in [0.1, 0.15) is 0 Å². The highest BCUT2D eigenvalue weighted by atomic mass is 32.2. The average Bonchev–Trinajstić information content (AvgIpc) is 2.86. The third-order valence-electron chi connectivity index (χ3n) is 3.68. The molecule has 3 heteroatoms. The number of thioether (sulfide) groups is 1. The number of fused-ring (bicyclic) bond motifs is 3. The van der Waals surface area contributed by atoms with Gasteiger partial charge in [0.25, 0.3) is 0 Å². The smallest absolute Gasteiger partial charge is 0.169 e. The molecule has 2 aliphatic heterocycles. The van der Waals surface area contributed by atoms with Gasteiger partial charge < -0.3 is 4.90 Å². The summed E-state index contributed by atoms with van der Waals surface area (Å²) in [6.07, 6.45) is 1.09. The summed E-state index contributed by atoms with van der Waals surface area (Å²) in [5.41, 5.74) is 2.69. The third-order valence-corrected chi connectivity index (χ3v) is 4.75. The molecular formula is C16H14N2S. The second-order valence-electron chi connectivity index (χ2n) is 4.82. The Labute approximate surface area is 117 Å². The average molecular weight is 266 g/mol. The third kappa shape index (κ3) is 1.77. The number of anilines is 1. The monoisotopic (exact) mass is 266 g/mol. The molecule has 0 bridgehead atoms. The van der Waals surface area contributed by atoms with E-state index < -0.39 is 0 Å². The molecule has 0 N–H and O–H groups in total. The van der Waals surface area contributed by atoms with Crippen molar-refractivity contribution in [2.75, 3.05) is 11.4 Å². The zero-order valence-corrected chi connectivity index (χ0v) is 11.3. The van der Waals surface area contributed by atoms with E-state index >= 15 is 0 Å². The van der Waals surface area contributed by atoms with Crippen molar-refractivity contribution in [3.05, 3.63) is 60.2 Å². The van der Waals surface area contributed by atoms with Gasteiger partial charge in [-0.1, -0.05) is 42.5 Å². The fraction of sp³-hybridized carbons (Fsp3) is 0.188. The minimum atomic E-state index is 0.421. The number of para-hydroxylation sites is 1. The Kier molecular flexibility index (Phi) is 2.59. The highest BCUT2D eigenvalue weighted by Gasteiger charge is 2.34. The van der Waals surface area contributed by atoms with E-state index in [-0.39, 0.29) is 0 Å². The second kappa shape index (κ2) is 4.42. The zero-order chi connectivity index (χ0) is 12.7. The van der Waals surface area contributed by atoms with Crippen LogP contribution in [0.5, 0.6) is 0 Å². The van der Waals surface area contributed by atoms with Gasteiger partial charge in [0.2, 0.25) is 0 Å². The molecule has 0 aliphatic carbocycles. The topological polar surface area (TPSA) is 15.6 Å². The minimum absolute atomic E-state index is 0.421. The van der Waals surface area contributed by atoms with Crippen LogP contribution in [-0.2, 0) is 0 Å². The van der Waals surface area contributed by atoms with Gasteiger partial charge in [-0.2, -0.15) is 0 Å². The number of rotatable bonds is 1. The van der Waals surface area contributed by atoms with Gasteiger partial charge in [-0.25, -0.2) is 0 Å². The molecule has 0 saturated heterocycles. The molecule has 0 fully saturated rings. The van der Waals surface area contributed by atoms with Crippen LogP contribution >= 0.6 is 11.8 Å². The number of benzene rings is 2. The summed E-state index contributed by atoms with van der Waals surface area (Å²) in [6, 6.07) is 19.8. The van der Waals surface area contributed by atoms with Crippen LogP contribution in [0.1, 0.15) is 18.0 Å². The Morgan fingerprint density at radius 2 is 1.79 bits per heavy atom. The lowest BCUT2D eigenvalue weighted by molar-refractivity contribution is 0.631. The predicted molar refractivity (Wildman–Crippen MR) is 80.9 cm³/mol. The Balaban J connectivity index is 1.82. The van der Waals surface area contributed by atoms with Crippen molar-refractivity contribution in [3.8, 4) is 0 Å². The first-order valence-electron chi connectivity index (χ1n) is 6.59. The first-order valence-corrected chi connectivity index (χ1v) is 7.40. The van der Waals surface area contributed by atoms with Crippen molar-refractivity contribution in [1.82, 2.24) is 0 Å². The van der Waals surface area contributed by atoms with Crippen molar-refractivity contribution in [2.24, 2.45) is 4.99 Å². The van der Waals surface area contributed by atoms with Gasteiger partial charge in [0.05, 0.1) is 11.7 Å². The fourth-order valence-corrected chi connectivity index (χ4v) is 3.90. The summed E-state index contributed by atoms with van der Waals surface area (Å²) >= 11 is 1.79. The Morgan fingerprint density at radius 1 is 1.00 bits per heavy atom. The van der Waals surface area contributed by atoms with Gasteiger partial charge in [0, 0.05) is 11.4 Å². The van der Waals surface area contributed by atoms with E-state index in [0.29, 0.717) is 6.04 Å². The molecule has 19 heavy (non-hydrogen) atoms. The molecule has 0 spiro atoms. The van der Waals surface area contributed by atoms with E-state index in [9.17, 15) is 0 Å². The molecule has 94 valence electrons. The Morgan fingerprint density at radius 3 is 2.68 bits per heavy atom. The van der Waals surface area contributed by atoms with Crippen molar-refractivity contribution in [3.63, 3.8) is 0 Å². The molecule has 0 amide bonds. The Bertz CT molecular complexity index is 636. The summed E-state index contributed by atoms with van der Waals surface area (Å²) in [6.45, 7) is 0.923. The minimum Gasteiger partial charge on any atom is -0.312 e. The summed E-state index contributed by atoms with van der Waals surface area (Å²) in [7, 11) is 0. The fourth-order valence-electron chi connectivity index (χ4n) is 2.81. The number of hydrogen-bond acceptors (Lipinski definition) is 3. The summed E-state index contributed by atoms with van der Waals surface area (Å²) < 4.78 is 0. The molecule has 0 unspecified atom stereocenters. The first-order chi connectivity index (χ1) is 9.43. The lowest BCUT2D eigenvalue weighted by Crippen LogP contribution is -2.34. The molecule has 4 rings (SSSR count). The quantitative estimate of drug-likeness (QED) is 0.772. The van der Waals surface area contributed by atoms with E-state index in [0.717, 1.165) is 18.1 Å². The molecule has 2 nitrogen and oxygen atoms in total. The first kappa shape index (κ1) is 11.1. The maximum atomic E-state index is 4.69. The van der Waals surface area contributed by atoms with Crippen molar-refractivity contribution in [2.45, 2.75) is 17.4 Å². The summed E-state index contributed by atoms with van der Waals surface area (Å²) in [5.74, 6) is 0. The molecule has 0 saturated carbocycles. The van der Waals surface area contributed by atoms with Crippen molar-refractivity contribution >= 4 is 22.6 Å². The molecule has 2 heterocycles. The lowest BCUT2D eigenvalue weighted by Gasteiger charge is -2.33. The normalized spacial score (nSPS) is 20.7. The van der Waals surface area contributed by atoms with E-state index in [2.05, 4.69) is 64.5 Å². The Hall–Kier alpha value is -1.74. The number of nitrogens with zero attached hydrogens (tertiary/aromatic N) is 2. The van der Waals surface area contributed by atoms with E-state index in [1.165, 1.54) is 16.1 Å². The van der Waals surface area contributed by atoms with Crippen LogP contribution in [-0.4, -0.2) is 11.7 Å². The maximum Gasteiger partial charge on any atom is 0.169 e. The molecule has 2 aromatic rings. The summed E-state index contributed by atoms with van der Waals surface area (Å²) in [5, 5.41) is 1.15. The van der Waals surface area contributed by atoms with Crippen LogP contribution in [0.3, 0.4) is 0 Å². The highest BCUT2D eigenvalue weighted by Crippen LogP contribution is 2.46. The highest BCUT2D eigenvalue weighted by molar-refractivity contribution is 8.14. The molecule has 0 radical (unpaired) electrons. The largest absolute Gasteiger partial charge is 0.312 e. The van der Waals surface area contributed by atoms with E-state index in [1.807, 2.05) is 0 Å². The number of amidine groups is 1. The van der Waals surface area contributed by atoms with Gasteiger partial charge in [-0.15, -0.1) is 0 Å². The molecule has 1 atom stereocenters. The molecular weight excluding hydrogens is 252 g/mol. The van der Waals surface area contributed by atoms with Gasteiger partial charge in [-0.3, -0.25) is 4.99 Å². The van der Waals surface area contributed by atoms with Crippen LogP contribution < -0.4 is 4.90 Å². The molecule has 2 aromatic carbocycles. The lowest BCUT2D eigenvalue weighted by atomic mass is 10.0. The van der Waals surface area contributed by atoms with Crippen LogP contribution in [0.15, 0.2) is 64.5 Å². The van der Waals surface area contributed by atoms with Gasteiger partial charge in [0.15, 0.2) is 5.17 Å². The van der Waals surface area contributed by atoms with Crippen molar-refractivity contribution < 1.29 is 0 Å². The van der Waals surface area contributed by atoms with Gasteiger partial charge >= 0.3 is 0 Å². The van der Waals surface area contributed by atoms with E-state index in [4.69, 9.17) is 0 Å². The van der Waals surface area contributed by atoms with Crippen LogP contribution in [0.4, 0.5) is 5.69 Å². The zero-order valence-electron chi connectivity index (χ0n) is 10.5. The van der Waals surface area contributed by atoms with E-state index in [1.54, 1.807) is 11.8 Å². The molecule has 2 aliphatic rings. The second-order valence-corrected chi connectivity index (χ2v) is 5.83. The standard InChI is InChI=1S/C16H14N2S/c1-2-6-12(7-3-1)13-10-11-17-16-18(13)14-8-4-5-9-15(14)19-16/h1-9,13H,10-11H2/t13-/m0/s1. The molecule has 0 aromatic heterocycles. The number of hydrogen-bond donors (Lipinski definition) is 0.